The first kappa shape index (κ1) is 8.35. The van der Waals surface area contributed by atoms with Crippen LogP contribution < -0.4 is 9.64 Å². The highest BCUT2D eigenvalue weighted by molar-refractivity contribution is 5.59. The smallest absolute Gasteiger partial charge is 0.145 e. The van der Waals surface area contributed by atoms with Crippen molar-refractivity contribution in [2.75, 3.05) is 25.1 Å². The normalized spacial score (nSPS) is 15.4. The molecule has 0 unspecified atom stereocenters. The van der Waals surface area contributed by atoms with Gasteiger partial charge in [-0.05, 0) is 18.6 Å². The summed E-state index contributed by atoms with van der Waals surface area (Å²) < 4.78 is 17.9. The molecule has 1 aliphatic heterocycles. The molecule has 0 saturated carbocycles. The monoisotopic (exact) mass is 181 g/mol. The van der Waals surface area contributed by atoms with Crippen LogP contribution in [0, 0.1) is 5.82 Å². The van der Waals surface area contributed by atoms with Crippen LogP contribution in [0.2, 0.25) is 0 Å². The summed E-state index contributed by atoms with van der Waals surface area (Å²) in [5, 5.41) is 0. The molecule has 0 aliphatic carbocycles. The predicted octanol–water partition coefficient (Wildman–Crippen LogP) is 2.04. The number of ether oxygens (including phenoxy) is 1. The van der Waals surface area contributed by atoms with Gasteiger partial charge in [-0.1, -0.05) is 0 Å². The third kappa shape index (κ3) is 1.46. The van der Waals surface area contributed by atoms with E-state index in [1.807, 2.05) is 0 Å². The van der Waals surface area contributed by atoms with Crippen LogP contribution in [0.25, 0.3) is 0 Å². The summed E-state index contributed by atoms with van der Waals surface area (Å²) >= 11 is 0. The summed E-state index contributed by atoms with van der Waals surface area (Å²) in [5.74, 6) is 0.376. The van der Waals surface area contributed by atoms with Crippen molar-refractivity contribution >= 4 is 5.69 Å². The molecule has 1 aromatic rings. The Labute approximate surface area is 76.9 Å². The zero-order chi connectivity index (χ0) is 9.26. The summed E-state index contributed by atoms with van der Waals surface area (Å²) in [6, 6.07) is 4.66. The van der Waals surface area contributed by atoms with Gasteiger partial charge in [0.25, 0.3) is 0 Å². The molecule has 0 atom stereocenters. The van der Waals surface area contributed by atoms with E-state index >= 15 is 0 Å². The Morgan fingerprint density at radius 1 is 1.38 bits per heavy atom. The van der Waals surface area contributed by atoms with Gasteiger partial charge in [-0.25, -0.2) is 4.39 Å². The van der Waals surface area contributed by atoms with Gasteiger partial charge < -0.3 is 9.64 Å². The van der Waals surface area contributed by atoms with Gasteiger partial charge in [0.05, 0.1) is 12.8 Å². The first-order chi connectivity index (χ1) is 6.31. The molecule has 13 heavy (non-hydrogen) atoms. The van der Waals surface area contributed by atoms with Gasteiger partial charge in [0.2, 0.25) is 0 Å². The van der Waals surface area contributed by atoms with Crippen LogP contribution in [0.15, 0.2) is 18.2 Å². The molecule has 0 aromatic heterocycles. The van der Waals surface area contributed by atoms with Crippen molar-refractivity contribution in [1.82, 2.24) is 0 Å². The lowest BCUT2D eigenvalue weighted by molar-refractivity contribution is 0.408. The molecular weight excluding hydrogens is 169 g/mol. The molecule has 0 bridgehead atoms. The Hall–Kier alpha value is -1.25. The minimum absolute atomic E-state index is 0.249. The Balaban J connectivity index is 2.32. The number of hydrogen-bond donors (Lipinski definition) is 0. The highest BCUT2D eigenvalue weighted by Gasteiger charge is 2.18. The highest BCUT2D eigenvalue weighted by Crippen LogP contribution is 2.31. The second kappa shape index (κ2) is 3.24. The van der Waals surface area contributed by atoms with Gasteiger partial charge in [0, 0.05) is 19.2 Å². The zero-order valence-electron chi connectivity index (χ0n) is 7.59. The molecule has 0 N–H and O–H groups in total. The van der Waals surface area contributed by atoms with Gasteiger partial charge >= 0.3 is 0 Å². The van der Waals surface area contributed by atoms with E-state index in [2.05, 4.69) is 4.90 Å². The van der Waals surface area contributed by atoms with Crippen LogP contribution in [-0.4, -0.2) is 20.2 Å². The lowest BCUT2D eigenvalue weighted by atomic mass is 10.1. The highest BCUT2D eigenvalue weighted by atomic mass is 19.1. The first-order valence-corrected chi connectivity index (χ1v) is 4.40. The molecule has 70 valence electrons. The molecule has 3 heteroatoms. The van der Waals surface area contributed by atoms with E-state index in [4.69, 9.17) is 4.74 Å². The van der Waals surface area contributed by atoms with E-state index in [0.29, 0.717) is 5.75 Å². The molecule has 2 rings (SSSR count). The lowest BCUT2D eigenvalue weighted by Crippen LogP contribution is -2.37. The minimum Gasteiger partial charge on any atom is -0.494 e. The molecule has 0 spiro atoms. The fourth-order valence-electron chi connectivity index (χ4n) is 1.47. The van der Waals surface area contributed by atoms with E-state index in [1.165, 1.54) is 18.6 Å². The summed E-state index contributed by atoms with van der Waals surface area (Å²) in [4.78, 5) is 2.18. The maximum absolute atomic E-state index is 12.8. The van der Waals surface area contributed by atoms with Crippen LogP contribution in [0.4, 0.5) is 10.1 Å². The van der Waals surface area contributed by atoms with E-state index in [9.17, 15) is 4.39 Å². The quantitative estimate of drug-likeness (QED) is 0.692. The van der Waals surface area contributed by atoms with Gasteiger partial charge in [-0.15, -0.1) is 0 Å². The molecule has 1 aromatic carbocycles. The van der Waals surface area contributed by atoms with Crippen molar-refractivity contribution in [2.24, 2.45) is 0 Å². The molecular formula is C10H12FNO. The summed E-state index contributed by atoms with van der Waals surface area (Å²) in [5.41, 5.74) is 0.996. The molecule has 1 heterocycles. The van der Waals surface area contributed by atoms with E-state index < -0.39 is 0 Å². The van der Waals surface area contributed by atoms with Crippen LogP contribution >= 0.6 is 0 Å². The number of halogens is 1. The molecule has 0 amide bonds. The van der Waals surface area contributed by atoms with E-state index in [1.54, 1.807) is 13.2 Å². The standard InChI is InChI=1S/C10H12FNO/c1-13-10-7-8(11)3-4-9(10)12-5-2-6-12/h3-4,7H,2,5-6H2,1H3. The number of anilines is 1. The third-order valence-electron chi connectivity index (χ3n) is 2.34. The number of rotatable bonds is 2. The SMILES string of the molecule is COc1cc(F)ccc1N1CCC1. The van der Waals surface area contributed by atoms with Crippen molar-refractivity contribution in [3.05, 3.63) is 24.0 Å². The molecule has 1 saturated heterocycles. The molecule has 2 nitrogen and oxygen atoms in total. The van der Waals surface area contributed by atoms with Crippen molar-refractivity contribution in [2.45, 2.75) is 6.42 Å². The molecule has 1 fully saturated rings. The Bertz CT molecular complexity index is 310. The number of hydrogen-bond acceptors (Lipinski definition) is 2. The maximum Gasteiger partial charge on any atom is 0.145 e. The van der Waals surface area contributed by atoms with Crippen molar-refractivity contribution < 1.29 is 9.13 Å². The maximum atomic E-state index is 12.8. The fourth-order valence-corrected chi connectivity index (χ4v) is 1.47. The van der Waals surface area contributed by atoms with Crippen LogP contribution in [-0.2, 0) is 0 Å². The van der Waals surface area contributed by atoms with Crippen molar-refractivity contribution in [3.63, 3.8) is 0 Å². The molecule has 1 aliphatic rings. The summed E-state index contributed by atoms with van der Waals surface area (Å²) in [7, 11) is 1.57. The van der Waals surface area contributed by atoms with Crippen molar-refractivity contribution in [1.29, 1.82) is 0 Å². The zero-order valence-corrected chi connectivity index (χ0v) is 7.59. The van der Waals surface area contributed by atoms with Gasteiger partial charge in [-0.3, -0.25) is 0 Å². The number of methoxy groups -OCH3 is 1. The minimum atomic E-state index is -0.249. The first-order valence-electron chi connectivity index (χ1n) is 4.40. The summed E-state index contributed by atoms with van der Waals surface area (Å²) in [6.07, 6.45) is 1.21. The summed E-state index contributed by atoms with van der Waals surface area (Å²) in [6.45, 7) is 2.09. The van der Waals surface area contributed by atoms with Crippen molar-refractivity contribution in [3.8, 4) is 5.75 Å². The fraction of sp³-hybridized carbons (Fsp3) is 0.400. The average Bonchev–Trinajstić information content (AvgIpc) is 2.05. The Morgan fingerprint density at radius 2 is 2.15 bits per heavy atom. The number of nitrogens with zero attached hydrogens (tertiary/aromatic N) is 1. The van der Waals surface area contributed by atoms with Crippen LogP contribution in [0.3, 0.4) is 0 Å². The average molecular weight is 181 g/mol. The van der Waals surface area contributed by atoms with E-state index in [0.717, 1.165) is 18.8 Å². The van der Waals surface area contributed by atoms with Crippen LogP contribution in [0.5, 0.6) is 5.75 Å². The predicted molar refractivity (Wildman–Crippen MR) is 49.8 cm³/mol. The lowest BCUT2D eigenvalue weighted by Gasteiger charge is -2.34. The van der Waals surface area contributed by atoms with Gasteiger partial charge in [-0.2, -0.15) is 0 Å². The van der Waals surface area contributed by atoms with Crippen LogP contribution in [0.1, 0.15) is 6.42 Å². The second-order valence-electron chi connectivity index (χ2n) is 3.16. The Morgan fingerprint density at radius 3 is 2.69 bits per heavy atom. The number of benzene rings is 1. The third-order valence-corrected chi connectivity index (χ3v) is 2.34. The Kier molecular flexibility index (Phi) is 2.08. The van der Waals surface area contributed by atoms with Gasteiger partial charge in [0.15, 0.2) is 0 Å². The van der Waals surface area contributed by atoms with Gasteiger partial charge in [0.1, 0.15) is 11.6 Å². The topological polar surface area (TPSA) is 12.5 Å². The second-order valence-corrected chi connectivity index (χ2v) is 3.16. The van der Waals surface area contributed by atoms with E-state index in [-0.39, 0.29) is 5.82 Å². The largest absolute Gasteiger partial charge is 0.494 e. The molecule has 0 radical (unpaired) electrons.